The Morgan fingerprint density at radius 1 is 1.17 bits per heavy atom. The molecule has 1 aromatic rings. The lowest BCUT2D eigenvalue weighted by Gasteiger charge is -2.34. The Morgan fingerprint density at radius 2 is 1.90 bits per heavy atom. The molecule has 0 saturated carbocycles. The summed E-state index contributed by atoms with van der Waals surface area (Å²) in [5.41, 5.74) is 9.17. The molecule has 2 aliphatic rings. The summed E-state index contributed by atoms with van der Waals surface area (Å²) in [7, 11) is 0. The number of rotatable bonds is 3. The van der Waals surface area contributed by atoms with Crippen molar-refractivity contribution < 1.29 is 9.59 Å². The van der Waals surface area contributed by atoms with Gasteiger partial charge in [-0.1, -0.05) is 24.1 Å². The molecule has 1 atom stereocenters. The monoisotopic (exact) mass is 402 g/mol. The normalized spacial score (nSPS) is 19.8. The summed E-state index contributed by atoms with van der Waals surface area (Å²) in [5, 5.41) is 5.64. The molecule has 4 nitrogen and oxygen atoms in total. The van der Waals surface area contributed by atoms with Gasteiger partial charge in [0.05, 0.1) is 4.75 Å². The molecule has 2 aliphatic carbocycles. The largest absolute Gasteiger partial charge is 0.326 e. The summed E-state index contributed by atoms with van der Waals surface area (Å²) in [4.78, 5) is 23.0. The van der Waals surface area contributed by atoms with Crippen molar-refractivity contribution in [2.75, 3.05) is 5.32 Å². The molecule has 1 unspecified atom stereocenters. The van der Waals surface area contributed by atoms with Crippen LogP contribution in [-0.4, -0.2) is 16.6 Å². The highest BCUT2D eigenvalue weighted by atomic mass is 32.1. The molecule has 0 fully saturated rings. The molecule has 0 aromatic heterocycles. The zero-order valence-corrected chi connectivity index (χ0v) is 17.7. The highest BCUT2D eigenvalue weighted by Crippen LogP contribution is 2.45. The van der Waals surface area contributed by atoms with E-state index in [1.54, 1.807) is 6.92 Å². The highest BCUT2D eigenvalue weighted by molar-refractivity contribution is 7.82. The molecule has 5 heteroatoms. The van der Waals surface area contributed by atoms with Crippen molar-refractivity contribution in [2.24, 2.45) is 0 Å². The van der Waals surface area contributed by atoms with E-state index in [4.69, 9.17) is 12.6 Å². The Kier molecular flexibility index (Phi) is 5.70. The number of carbonyl (C=O) groups excluding carboxylic acids is 2. The van der Waals surface area contributed by atoms with Crippen LogP contribution in [0.25, 0.3) is 5.57 Å². The first-order valence-electron chi connectivity index (χ1n) is 9.19. The fourth-order valence-corrected chi connectivity index (χ4v) is 3.70. The number of nitrogens with one attached hydrogen (secondary N) is 2. The number of allylic oxidation sites excluding steroid dienone is 3. The minimum absolute atomic E-state index is 0.131. The Labute approximate surface area is 176 Å². The average molecular weight is 403 g/mol. The maximum absolute atomic E-state index is 11.5. The highest BCUT2D eigenvalue weighted by Gasteiger charge is 2.36. The zero-order chi connectivity index (χ0) is 21.2. The van der Waals surface area contributed by atoms with Crippen LogP contribution in [0.15, 0.2) is 70.6 Å². The number of benzene rings is 1. The summed E-state index contributed by atoms with van der Waals surface area (Å²) >= 11 is 4.93. The lowest BCUT2D eigenvalue weighted by Crippen LogP contribution is -2.30. The number of thiol groups is 1. The van der Waals surface area contributed by atoms with E-state index in [2.05, 4.69) is 28.2 Å². The van der Waals surface area contributed by atoms with Gasteiger partial charge in [0.1, 0.15) is 0 Å². The Hall–Kier alpha value is -3.19. The fourth-order valence-electron chi connectivity index (χ4n) is 3.39. The lowest BCUT2D eigenvalue weighted by atomic mass is 9.77. The van der Waals surface area contributed by atoms with Crippen molar-refractivity contribution in [1.82, 2.24) is 5.32 Å². The molecule has 29 heavy (non-hydrogen) atoms. The van der Waals surface area contributed by atoms with Crippen LogP contribution in [0.4, 0.5) is 5.69 Å². The van der Waals surface area contributed by atoms with Gasteiger partial charge in [0.2, 0.25) is 11.8 Å². The quantitative estimate of drug-likeness (QED) is 0.404. The maximum Gasteiger partial charge on any atom is 0.221 e. The van der Waals surface area contributed by atoms with Gasteiger partial charge in [-0.15, -0.1) is 11.7 Å². The summed E-state index contributed by atoms with van der Waals surface area (Å²) < 4.78 is -0.653. The van der Waals surface area contributed by atoms with Crippen molar-refractivity contribution in [1.29, 1.82) is 0 Å². The van der Waals surface area contributed by atoms with E-state index < -0.39 is 4.75 Å². The fraction of sp³-hybridized carbons (Fsp3) is 0.208. The van der Waals surface area contributed by atoms with Crippen LogP contribution in [-0.2, 0) is 9.59 Å². The van der Waals surface area contributed by atoms with Crippen LogP contribution in [0.5, 0.6) is 0 Å². The van der Waals surface area contributed by atoms with Crippen LogP contribution >= 0.6 is 12.6 Å². The summed E-state index contributed by atoms with van der Waals surface area (Å²) in [6.45, 7) is 6.71. The summed E-state index contributed by atoms with van der Waals surface area (Å²) in [5.74, 6) is 5.91. The zero-order valence-electron chi connectivity index (χ0n) is 16.8. The van der Waals surface area contributed by atoms with Gasteiger partial charge in [0, 0.05) is 36.4 Å². The molecule has 0 aliphatic heterocycles. The van der Waals surface area contributed by atoms with Crippen molar-refractivity contribution >= 4 is 35.7 Å². The smallest absolute Gasteiger partial charge is 0.221 e. The standard InChI is InChI=1S/C24H22N2O2S/c1-5-7-21-22(18-8-6-9-19(13-18)25-16(3)27)12-15(2)24(29)11-10-20(14-23(21)24)26-17(4)28/h6,8-11,13-14,29H,1-4H3,(H,25,27)(H,26,28). The van der Waals surface area contributed by atoms with Gasteiger partial charge in [-0.3, -0.25) is 9.59 Å². The third-order valence-electron chi connectivity index (χ3n) is 4.66. The molecule has 0 spiro atoms. The first-order chi connectivity index (χ1) is 13.7. The van der Waals surface area contributed by atoms with E-state index in [0.29, 0.717) is 11.4 Å². The minimum atomic E-state index is -0.653. The molecule has 146 valence electrons. The molecule has 2 amide bonds. The first-order valence-corrected chi connectivity index (χ1v) is 9.64. The van der Waals surface area contributed by atoms with Crippen molar-refractivity contribution in [3.63, 3.8) is 0 Å². The molecule has 1 aromatic carbocycles. The molecular formula is C24H22N2O2S. The summed E-state index contributed by atoms with van der Waals surface area (Å²) in [6.07, 6.45) is 5.71. The minimum Gasteiger partial charge on any atom is -0.326 e. The van der Waals surface area contributed by atoms with Crippen molar-refractivity contribution in [3.05, 3.63) is 76.2 Å². The molecule has 0 heterocycles. The van der Waals surface area contributed by atoms with Crippen LogP contribution in [0.3, 0.4) is 0 Å². The van der Waals surface area contributed by atoms with Crippen LogP contribution in [0.2, 0.25) is 0 Å². The third-order valence-corrected chi connectivity index (χ3v) is 5.39. The molecule has 3 rings (SSSR count). The maximum atomic E-state index is 11.5. The van der Waals surface area contributed by atoms with Crippen LogP contribution in [0, 0.1) is 11.8 Å². The number of anilines is 1. The second kappa shape index (κ2) is 8.05. The van der Waals surface area contributed by atoms with Gasteiger partial charge in [0.15, 0.2) is 0 Å². The second-order valence-corrected chi connectivity index (χ2v) is 7.64. The molecular weight excluding hydrogens is 380 g/mol. The van der Waals surface area contributed by atoms with E-state index in [0.717, 1.165) is 27.9 Å². The van der Waals surface area contributed by atoms with Crippen molar-refractivity contribution in [2.45, 2.75) is 32.4 Å². The van der Waals surface area contributed by atoms with Crippen molar-refractivity contribution in [3.8, 4) is 11.8 Å². The van der Waals surface area contributed by atoms with Crippen LogP contribution in [0.1, 0.15) is 33.3 Å². The van der Waals surface area contributed by atoms with Gasteiger partial charge in [-0.25, -0.2) is 0 Å². The number of amides is 2. The number of hydrogen-bond donors (Lipinski definition) is 3. The Morgan fingerprint density at radius 3 is 2.55 bits per heavy atom. The number of carbonyl (C=O) groups is 2. The van der Waals surface area contributed by atoms with E-state index in [1.165, 1.54) is 13.8 Å². The van der Waals surface area contributed by atoms with Gasteiger partial charge >= 0.3 is 0 Å². The Bertz CT molecular complexity index is 1130. The average Bonchev–Trinajstić information content (AvgIpc) is 2.64. The molecule has 2 N–H and O–H groups in total. The van der Waals surface area contributed by atoms with E-state index in [1.807, 2.05) is 49.4 Å². The van der Waals surface area contributed by atoms with E-state index >= 15 is 0 Å². The van der Waals surface area contributed by atoms with Gasteiger partial charge < -0.3 is 10.6 Å². The number of fused-ring (bicyclic) bond motifs is 1. The Balaban J connectivity index is 2.23. The van der Waals surface area contributed by atoms with E-state index in [-0.39, 0.29) is 11.8 Å². The molecule has 0 saturated heterocycles. The number of hydrogen-bond acceptors (Lipinski definition) is 3. The van der Waals surface area contributed by atoms with Gasteiger partial charge in [-0.2, -0.15) is 12.6 Å². The second-order valence-electron chi connectivity index (χ2n) is 6.93. The predicted octanol–water partition coefficient (Wildman–Crippen LogP) is 4.17. The van der Waals surface area contributed by atoms with E-state index in [9.17, 15) is 9.59 Å². The van der Waals surface area contributed by atoms with Gasteiger partial charge in [0.25, 0.3) is 0 Å². The third kappa shape index (κ3) is 4.14. The van der Waals surface area contributed by atoms with Gasteiger partial charge in [-0.05, 0) is 54.8 Å². The molecule has 0 bridgehead atoms. The molecule has 0 radical (unpaired) electrons. The predicted molar refractivity (Wildman–Crippen MR) is 120 cm³/mol. The summed E-state index contributed by atoms with van der Waals surface area (Å²) in [6, 6.07) is 7.58. The first kappa shape index (κ1) is 20.5. The SMILES string of the molecule is CC#CC1=C2C=C(NC(C)=O)C=CC2(S)C(C)=C=C1c1cccc(NC(C)=O)c1. The topological polar surface area (TPSA) is 58.2 Å². The lowest BCUT2D eigenvalue weighted by molar-refractivity contribution is -0.118. The van der Waals surface area contributed by atoms with Crippen LogP contribution < -0.4 is 10.6 Å².